The van der Waals surface area contributed by atoms with Gasteiger partial charge in [-0.3, -0.25) is 0 Å². The van der Waals surface area contributed by atoms with Crippen LogP contribution >= 0.6 is 0 Å². The summed E-state index contributed by atoms with van der Waals surface area (Å²) in [6.07, 6.45) is 13.6. The van der Waals surface area contributed by atoms with Gasteiger partial charge in [-0.05, 0) is 90.0 Å². The summed E-state index contributed by atoms with van der Waals surface area (Å²) in [5, 5.41) is 17.9. The van der Waals surface area contributed by atoms with E-state index in [9.17, 15) is 0 Å². The van der Waals surface area contributed by atoms with Crippen molar-refractivity contribution in [3.05, 3.63) is 127 Å². The molecule has 6 nitrogen and oxygen atoms in total. The maximum absolute atomic E-state index is 8.97. The number of benzene rings is 4. The molecule has 4 aromatic carbocycles. The molecule has 0 saturated heterocycles. The van der Waals surface area contributed by atoms with Gasteiger partial charge in [0, 0.05) is 0 Å². The molecule has 0 aliphatic rings. The lowest BCUT2D eigenvalue weighted by molar-refractivity contribution is -0.696. The van der Waals surface area contributed by atoms with Gasteiger partial charge in [-0.1, -0.05) is 67.8 Å². The van der Waals surface area contributed by atoms with E-state index in [1.54, 1.807) is 0 Å². The van der Waals surface area contributed by atoms with Crippen molar-refractivity contribution in [2.45, 2.75) is 51.6 Å². The molecule has 0 radical (unpaired) electrons. The predicted molar refractivity (Wildman–Crippen MR) is 177 cm³/mol. The van der Waals surface area contributed by atoms with Gasteiger partial charge in [0.1, 0.15) is 37.0 Å². The Bertz CT molecular complexity index is 1690. The summed E-state index contributed by atoms with van der Waals surface area (Å²) in [6, 6.07) is 35.8. The molecule has 6 heteroatoms. The van der Waals surface area contributed by atoms with Gasteiger partial charge in [-0.2, -0.15) is 10.5 Å². The molecule has 45 heavy (non-hydrogen) atoms. The number of hydrogen-bond donors (Lipinski definition) is 0. The summed E-state index contributed by atoms with van der Waals surface area (Å²) in [4.78, 5) is 0. The molecule has 0 fully saturated rings. The lowest BCUT2D eigenvalue weighted by atomic mass is 10.0. The van der Waals surface area contributed by atoms with Crippen LogP contribution in [0.5, 0.6) is 11.5 Å². The zero-order valence-electron chi connectivity index (χ0n) is 25.6. The highest BCUT2D eigenvalue weighted by Gasteiger charge is 2.05. The molecule has 0 bridgehead atoms. The number of ether oxygens (including phenoxy) is 2. The summed E-state index contributed by atoms with van der Waals surface area (Å²) < 4.78 is 16.3. The number of aryl methyl sites for hydroxylation is 1. The third-order valence-electron chi connectivity index (χ3n) is 7.85. The molecule has 0 amide bonds. The maximum Gasteiger partial charge on any atom is 0.243 e. The molecule has 0 N–H and O–H groups in total. The van der Waals surface area contributed by atoms with Crippen LogP contribution in [0.25, 0.3) is 22.3 Å². The van der Waals surface area contributed by atoms with Crippen LogP contribution < -0.4 is 14.0 Å². The number of aromatic nitrogens is 2. The van der Waals surface area contributed by atoms with Gasteiger partial charge in [-0.25, -0.2) is 9.13 Å². The first-order valence-electron chi connectivity index (χ1n) is 15.7. The van der Waals surface area contributed by atoms with Gasteiger partial charge < -0.3 is 9.47 Å². The van der Waals surface area contributed by atoms with E-state index in [4.69, 9.17) is 20.0 Å². The van der Waals surface area contributed by atoms with Crippen LogP contribution in [0.3, 0.4) is 0 Å². The van der Waals surface area contributed by atoms with Gasteiger partial charge in [0.2, 0.25) is 6.33 Å². The highest BCUT2D eigenvalue weighted by atomic mass is 16.5. The number of imidazole rings is 1. The van der Waals surface area contributed by atoms with E-state index < -0.39 is 0 Å². The van der Waals surface area contributed by atoms with E-state index in [0.717, 1.165) is 59.9 Å². The minimum Gasteiger partial charge on any atom is -0.494 e. The molecule has 0 saturated carbocycles. The molecule has 5 aromatic rings. The van der Waals surface area contributed by atoms with Crippen molar-refractivity contribution in [1.82, 2.24) is 4.57 Å². The fourth-order valence-corrected chi connectivity index (χ4v) is 5.23. The van der Waals surface area contributed by atoms with E-state index in [1.165, 1.54) is 32.1 Å². The third kappa shape index (κ3) is 9.58. The van der Waals surface area contributed by atoms with E-state index in [-0.39, 0.29) is 0 Å². The lowest BCUT2D eigenvalue weighted by Gasteiger charge is -2.08. The van der Waals surface area contributed by atoms with Crippen molar-refractivity contribution >= 4 is 0 Å². The summed E-state index contributed by atoms with van der Waals surface area (Å²) >= 11 is 0. The summed E-state index contributed by atoms with van der Waals surface area (Å²) in [7, 11) is 0. The Balaban J connectivity index is 0.894. The molecule has 1 heterocycles. The SMILES string of the molecule is N#Cc1ccc(-c2ccc(OCCCCCCCC[n+]3ccn(CCOc4ccc(-c5ccc(C#N)cc5)cc4)c3)cc2)cc1. The highest BCUT2D eigenvalue weighted by Crippen LogP contribution is 2.24. The smallest absolute Gasteiger partial charge is 0.243 e. The average molecular weight is 596 g/mol. The van der Waals surface area contributed by atoms with Crippen LogP contribution in [0.4, 0.5) is 0 Å². The Morgan fingerprint density at radius 3 is 1.49 bits per heavy atom. The maximum atomic E-state index is 8.97. The van der Waals surface area contributed by atoms with Crippen LogP contribution in [0.15, 0.2) is 116 Å². The number of rotatable bonds is 16. The largest absolute Gasteiger partial charge is 0.494 e. The van der Waals surface area contributed by atoms with E-state index in [2.05, 4.69) is 64.3 Å². The molecule has 5 rings (SSSR count). The molecule has 1 aromatic heterocycles. The average Bonchev–Trinajstić information content (AvgIpc) is 3.55. The van der Waals surface area contributed by atoms with Crippen molar-refractivity contribution in [2.24, 2.45) is 0 Å². The standard InChI is InChI=1S/C39H39N4O2/c40-29-32-7-11-34(12-8-32)36-15-19-38(20-16-36)44-27-6-4-2-1-3-5-23-42-24-25-43(31-42)26-28-45-39-21-17-37(18-22-39)35-13-9-33(30-41)10-14-35/h7-22,24-25,31H,1-6,23,26-28H2/q+1. The molecular formula is C39H39N4O2+. The first-order chi connectivity index (χ1) is 22.2. The lowest BCUT2D eigenvalue weighted by Crippen LogP contribution is -2.31. The zero-order chi connectivity index (χ0) is 31.1. The van der Waals surface area contributed by atoms with Crippen LogP contribution in [0.1, 0.15) is 49.7 Å². The van der Waals surface area contributed by atoms with Gasteiger partial charge in [0.05, 0.1) is 36.4 Å². The third-order valence-corrected chi connectivity index (χ3v) is 7.85. The van der Waals surface area contributed by atoms with Gasteiger partial charge in [0.25, 0.3) is 0 Å². The van der Waals surface area contributed by atoms with E-state index in [0.29, 0.717) is 17.7 Å². The normalized spacial score (nSPS) is 10.6. The van der Waals surface area contributed by atoms with Crippen molar-refractivity contribution in [3.63, 3.8) is 0 Å². The Morgan fingerprint density at radius 1 is 0.533 bits per heavy atom. The van der Waals surface area contributed by atoms with Crippen molar-refractivity contribution in [2.75, 3.05) is 13.2 Å². The summed E-state index contributed by atoms with van der Waals surface area (Å²) in [5.74, 6) is 1.76. The van der Waals surface area contributed by atoms with Crippen LogP contribution in [0.2, 0.25) is 0 Å². The molecule has 0 spiro atoms. The second kappa shape index (κ2) is 16.5. The Morgan fingerprint density at radius 2 is 0.978 bits per heavy atom. The molecule has 226 valence electrons. The van der Waals surface area contributed by atoms with Crippen LogP contribution in [0, 0.1) is 22.7 Å². The summed E-state index contributed by atoms with van der Waals surface area (Å²) in [6.45, 7) is 3.19. The monoisotopic (exact) mass is 595 g/mol. The molecule has 0 unspecified atom stereocenters. The van der Waals surface area contributed by atoms with Gasteiger partial charge >= 0.3 is 0 Å². The van der Waals surface area contributed by atoms with Crippen LogP contribution in [-0.4, -0.2) is 17.8 Å². The number of unbranched alkanes of at least 4 members (excludes halogenated alkanes) is 5. The van der Waals surface area contributed by atoms with Crippen molar-refractivity contribution < 1.29 is 14.0 Å². The van der Waals surface area contributed by atoms with E-state index in [1.807, 2.05) is 72.8 Å². The Kier molecular flexibility index (Phi) is 11.4. The second-order valence-corrected chi connectivity index (χ2v) is 11.1. The van der Waals surface area contributed by atoms with Gasteiger partial charge in [0.15, 0.2) is 0 Å². The minimum atomic E-state index is 0.610. The first-order valence-corrected chi connectivity index (χ1v) is 15.7. The number of nitriles is 2. The fourth-order valence-electron chi connectivity index (χ4n) is 5.23. The number of nitrogens with zero attached hydrogens (tertiary/aromatic N) is 4. The first kappa shape index (κ1) is 31.1. The Hall–Kier alpha value is -5.33. The van der Waals surface area contributed by atoms with Crippen molar-refractivity contribution in [1.29, 1.82) is 10.5 Å². The molecular weight excluding hydrogens is 556 g/mol. The summed E-state index contributed by atoms with van der Waals surface area (Å²) in [5.41, 5.74) is 5.75. The highest BCUT2D eigenvalue weighted by molar-refractivity contribution is 5.65. The topological polar surface area (TPSA) is 74.8 Å². The quantitative estimate of drug-likeness (QED) is 0.0849. The zero-order valence-corrected chi connectivity index (χ0v) is 25.6. The number of hydrogen-bond acceptors (Lipinski definition) is 4. The molecule has 0 atom stereocenters. The van der Waals surface area contributed by atoms with E-state index >= 15 is 0 Å². The molecule has 0 aliphatic heterocycles. The van der Waals surface area contributed by atoms with Crippen LogP contribution in [-0.2, 0) is 13.1 Å². The predicted octanol–water partition coefficient (Wildman–Crippen LogP) is 8.35. The second-order valence-electron chi connectivity index (χ2n) is 11.1. The van der Waals surface area contributed by atoms with Crippen molar-refractivity contribution in [3.8, 4) is 45.9 Å². The molecule has 0 aliphatic carbocycles. The fraction of sp³-hybridized carbons (Fsp3) is 0.256. The van der Waals surface area contributed by atoms with Gasteiger partial charge in [-0.15, -0.1) is 0 Å². The minimum absolute atomic E-state index is 0.610. The Labute approximate surface area is 266 Å².